The van der Waals surface area contributed by atoms with Gasteiger partial charge in [-0.1, -0.05) is 42.1 Å². The number of amides is 1. The Labute approximate surface area is 121 Å². The van der Waals surface area contributed by atoms with E-state index in [1.165, 1.54) is 12.1 Å². The number of anilines is 1. The molecule has 104 valence electrons. The zero-order chi connectivity index (χ0) is 14.3. The van der Waals surface area contributed by atoms with Gasteiger partial charge in [-0.3, -0.25) is 4.79 Å². The minimum Gasteiger partial charge on any atom is -0.478 e. The van der Waals surface area contributed by atoms with Crippen molar-refractivity contribution in [3.63, 3.8) is 0 Å². The number of aromatic carboxylic acids is 1. The highest BCUT2D eigenvalue weighted by atomic mass is 79.9. The topological polar surface area (TPSA) is 66.4 Å². The number of carbonyl (C=O) groups excluding carboxylic acids is 1. The predicted molar refractivity (Wildman–Crippen MR) is 78.5 cm³/mol. The van der Waals surface area contributed by atoms with Gasteiger partial charge in [0.2, 0.25) is 5.91 Å². The molecule has 0 heterocycles. The van der Waals surface area contributed by atoms with Crippen LogP contribution < -0.4 is 5.32 Å². The van der Waals surface area contributed by atoms with E-state index in [0.717, 1.165) is 25.7 Å². The van der Waals surface area contributed by atoms with Crippen molar-refractivity contribution >= 4 is 33.5 Å². The Morgan fingerprint density at radius 1 is 1.21 bits per heavy atom. The van der Waals surface area contributed by atoms with Crippen LogP contribution in [0.2, 0.25) is 0 Å². The average Bonchev–Trinajstić information content (AvgIpc) is 2.34. The van der Waals surface area contributed by atoms with Gasteiger partial charge in [0.25, 0.3) is 0 Å². The minimum absolute atomic E-state index is 0.0782. The first kappa shape index (κ1) is 15.7. The summed E-state index contributed by atoms with van der Waals surface area (Å²) in [6.07, 6.45) is 4.64. The van der Waals surface area contributed by atoms with Gasteiger partial charge in [-0.15, -0.1) is 0 Å². The molecule has 0 aliphatic heterocycles. The lowest BCUT2D eigenvalue weighted by molar-refractivity contribution is -0.116. The number of hydrogen-bond acceptors (Lipinski definition) is 2. The first-order valence-corrected chi connectivity index (χ1v) is 7.16. The van der Waals surface area contributed by atoms with Crippen LogP contribution in [0.25, 0.3) is 0 Å². The summed E-state index contributed by atoms with van der Waals surface area (Å²) < 4.78 is 0.633. The Kier molecular flexibility index (Phi) is 6.56. The van der Waals surface area contributed by atoms with Crippen molar-refractivity contribution in [2.75, 3.05) is 5.32 Å². The molecule has 1 aromatic rings. The monoisotopic (exact) mass is 327 g/mol. The maximum absolute atomic E-state index is 11.7. The smallest absolute Gasteiger partial charge is 0.335 e. The van der Waals surface area contributed by atoms with Crippen LogP contribution in [0.5, 0.6) is 0 Å². The van der Waals surface area contributed by atoms with Gasteiger partial charge in [-0.2, -0.15) is 0 Å². The van der Waals surface area contributed by atoms with E-state index in [-0.39, 0.29) is 11.5 Å². The Hall–Kier alpha value is -1.36. The number of carboxylic acid groups (broad SMARTS) is 1. The molecule has 0 bridgehead atoms. The SMILES string of the molecule is CCCCCCC(=O)Nc1cc(Br)cc(C(=O)O)c1. The number of carbonyl (C=O) groups is 2. The average molecular weight is 328 g/mol. The van der Waals surface area contributed by atoms with Crippen molar-refractivity contribution in [2.45, 2.75) is 39.0 Å². The normalized spacial score (nSPS) is 10.2. The molecule has 4 nitrogen and oxygen atoms in total. The summed E-state index contributed by atoms with van der Waals surface area (Å²) in [5.74, 6) is -1.09. The summed E-state index contributed by atoms with van der Waals surface area (Å²) in [4.78, 5) is 22.6. The molecule has 0 fully saturated rings. The Morgan fingerprint density at radius 2 is 1.95 bits per heavy atom. The molecule has 2 N–H and O–H groups in total. The lowest BCUT2D eigenvalue weighted by atomic mass is 10.1. The van der Waals surface area contributed by atoms with Crippen LogP contribution in [-0.2, 0) is 4.79 Å². The van der Waals surface area contributed by atoms with Gasteiger partial charge < -0.3 is 10.4 Å². The first-order chi connectivity index (χ1) is 9.02. The molecular weight excluding hydrogens is 310 g/mol. The predicted octanol–water partition coefficient (Wildman–Crippen LogP) is 4.06. The van der Waals surface area contributed by atoms with Crippen molar-refractivity contribution in [1.29, 1.82) is 0 Å². The standard InChI is InChI=1S/C14H18BrNO3/c1-2-3-4-5-6-13(17)16-12-8-10(14(18)19)7-11(15)9-12/h7-9H,2-6H2,1H3,(H,16,17)(H,18,19). The maximum Gasteiger partial charge on any atom is 0.335 e. The highest BCUT2D eigenvalue weighted by Crippen LogP contribution is 2.20. The molecule has 5 heteroatoms. The molecule has 0 saturated heterocycles. The minimum atomic E-state index is -1.01. The van der Waals surface area contributed by atoms with E-state index in [0.29, 0.717) is 16.6 Å². The quantitative estimate of drug-likeness (QED) is 0.742. The van der Waals surface area contributed by atoms with Crippen LogP contribution in [0, 0.1) is 0 Å². The fraction of sp³-hybridized carbons (Fsp3) is 0.429. The molecule has 0 spiro atoms. The van der Waals surface area contributed by atoms with Crippen molar-refractivity contribution in [3.8, 4) is 0 Å². The van der Waals surface area contributed by atoms with Crippen LogP contribution in [-0.4, -0.2) is 17.0 Å². The highest BCUT2D eigenvalue weighted by molar-refractivity contribution is 9.10. The number of carboxylic acids is 1. The van der Waals surface area contributed by atoms with Gasteiger partial charge in [0.05, 0.1) is 5.56 Å². The summed E-state index contributed by atoms with van der Waals surface area (Å²) in [6, 6.07) is 4.65. The molecular formula is C14H18BrNO3. The van der Waals surface area contributed by atoms with Gasteiger partial charge in [-0.25, -0.2) is 4.79 Å². The molecule has 19 heavy (non-hydrogen) atoms. The maximum atomic E-state index is 11.7. The molecule has 1 amide bonds. The Balaban J connectivity index is 2.56. The van der Waals surface area contributed by atoms with Gasteiger partial charge in [-0.05, 0) is 24.6 Å². The molecule has 0 saturated carbocycles. The second-order valence-electron chi connectivity index (χ2n) is 4.39. The molecule has 1 rings (SSSR count). The summed E-state index contributed by atoms with van der Waals surface area (Å²) in [7, 11) is 0. The van der Waals surface area contributed by atoms with Crippen LogP contribution >= 0.6 is 15.9 Å². The van der Waals surface area contributed by atoms with E-state index in [9.17, 15) is 9.59 Å². The van der Waals surface area contributed by atoms with Crippen LogP contribution in [0.3, 0.4) is 0 Å². The van der Waals surface area contributed by atoms with Crippen molar-refractivity contribution in [3.05, 3.63) is 28.2 Å². The summed E-state index contributed by atoms with van der Waals surface area (Å²) in [6.45, 7) is 2.12. The summed E-state index contributed by atoms with van der Waals surface area (Å²) in [5, 5.41) is 11.7. The largest absolute Gasteiger partial charge is 0.478 e. The zero-order valence-electron chi connectivity index (χ0n) is 10.9. The number of nitrogens with one attached hydrogen (secondary N) is 1. The fourth-order valence-electron chi connectivity index (χ4n) is 1.72. The molecule has 0 unspecified atom stereocenters. The lowest BCUT2D eigenvalue weighted by Crippen LogP contribution is -2.11. The Bertz CT molecular complexity index is 460. The summed E-state index contributed by atoms with van der Waals surface area (Å²) in [5.41, 5.74) is 0.655. The molecule has 0 atom stereocenters. The number of halogens is 1. The zero-order valence-corrected chi connectivity index (χ0v) is 12.5. The number of rotatable bonds is 7. The Morgan fingerprint density at radius 3 is 2.58 bits per heavy atom. The highest BCUT2D eigenvalue weighted by Gasteiger charge is 2.08. The van der Waals surface area contributed by atoms with Crippen molar-refractivity contribution < 1.29 is 14.7 Å². The van der Waals surface area contributed by atoms with Crippen LogP contribution in [0.1, 0.15) is 49.4 Å². The van der Waals surface area contributed by atoms with Gasteiger partial charge in [0.1, 0.15) is 0 Å². The van der Waals surface area contributed by atoms with E-state index in [2.05, 4.69) is 28.2 Å². The number of benzene rings is 1. The third-order valence-electron chi connectivity index (χ3n) is 2.69. The third kappa shape index (κ3) is 5.87. The van der Waals surface area contributed by atoms with E-state index >= 15 is 0 Å². The van der Waals surface area contributed by atoms with Gasteiger partial charge in [0, 0.05) is 16.6 Å². The van der Waals surface area contributed by atoms with E-state index in [1.807, 2.05) is 0 Å². The van der Waals surface area contributed by atoms with Crippen LogP contribution in [0.15, 0.2) is 22.7 Å². The number of hydrogen-bond donors (Lipinski definition) is 2. The first-order valence-electron chi connectivity index (χ1n) is 6.36. The fourth-order valence-corrected chi connectivity index (χ4v) is 2.21. The summed E-state index contributed by atoms with van der Waals surface area (Å²) >= 11 is 3.23. The van der Waals surface area contributed by atoms with Gasteiger partial charge in [0.15, 0.2) is 0 Å². The third-order valence-corrected chi connectivity index (χ3v) is 3.14. The molecule has 0 aliphatic carbocycles. The molecule has 1 aromatic carbocycles. The van der Waals surface area contributed by atoms with Crippen LogP contribution in [0.4, 0.5) is 5.69 Å². The van der Waals surface area contributed by atoms with E-state index in [4.69, 9.17) is 5.11 Å². The second kappa shape index (κ2) is 7.94. The van der Waals surface area contributed by atoms with Gasteiger partial charge >= 0.3 is 5.97 Å². The molecule has 0 radical (unpaired) electrons. The van der Waals surface area contributed by atoms with E-state index < -0.39 is 5.97 Å². The second-order valence-corrected chi connectivity index (χ2v) is 5.31. The molecule has 0 aromatic heterocycles. The number of unbranched alkanes of at least 4 members (excludes halogenated alkanes) is 3. The van der Waals surface area contributed by atoms with Crippen molar-refractivity contribution in [2.24, 2.45) is 0 Å². The molecule has 0 aliphatic rings. The lowest BCUT2D eigenvalue weighted by Gasteiger charge is -2.07. The van der Waals surface area contributed by atoms with Crippen molar-refractivity contribution in [1.82, 2.24) is 0 Å². The van der Waals surface area contributed by atoms with E-state index in [1.54, 1.807) is 6.07 Å².